The average molecular weight is 366 g/mol. The lowest BCUT2D eigenvalue weighted by atomic mass is 10.1. The predicted molar refractivity (Wildman–Crippen MR) is 82.2 cm³/mol. The van der Waals surface area contributed by atoms with Crippen LogP contribution < -0.4 is 5.32 Å². The molecular formula is C13H10N4O9. The van der Waals surface area contributed by atoms with Crippen LogP contribution in [0.2, 0.25) is 0 Å². The molecule has 3 N–H and O–H groups in total. The number of aromatic carboxylic acids is 1. The average Bonchev–Trinajstić information content (AvgIpc) is 2.82. The summed E-state index contributed by atoms with van der Waals surface area (Å²) in [5.41, 5.74) is -3.77. The lowest BCUT2D eigenvalue weighted by molar-refractivity contribution is -0.393. The van der Waals surface area contributed by atoms with Crippen molar-refractivity contribution in [3.63, 3.8) is 0 Å². The summed E-state index contributed by atoms with van der Waals surface area (Å²) in [6.07, 6.45) is 0.773. The number of aliphatic hydroxyl groups excluding tert-OH is 1. The predicted octanol–water partition coefficient (Wildman–Crippen LogP) is -0.142. The second-order valence-corrected chi connectivity index (χ2v) is 4.91. The van der Waals surface area contributed by atoms with E-state index in [-0.39, 0.29) is 6.54 Å². The molecule has 0 atom stereocenters. The van der Waals surface area contributed by atoms with Crippen LogP contribution in [-0.2, 0) is 9.59 Å². The van der Waals surface area contributed by atoms with Crippen LogP contribution in [0.3, 0.4) is 0 Å². The van der Waals surface area contributed by atoms with Crippen LogP contribution in [0.5, 0.6) is 0 Å². The first-order valence-corrected chi connectivity index (χ1v) is 6.83. The van der Waals surface area contributed by atoms with Crippen molar-refractivity contribution in [3.05, 3.63) is 49.7 Å². The third-order valence-electron chi connectivity index (χ3n) is 3.33. The lowest BCUT2D eigenvalue weighted by Gasteiger charge is -2.14. The van der Waals surface area contributed by atoms with Gasteiger partial charge in [0.1, 0.15) is 11.4 Å². The van der Waals surface area contributed by atoms with Gasteiger partial charge in [0.05, 0.1) is 34.6 Å². The number of nitrogens with one attached hydrogen (secondary N) is 1. The van der Waals surface area contributed by atoms with Crippen molar-refractivity contribution in [1.82, 2.24) is 4.90 Å². The summed E-state index contributed by atoms with van der Waals surface area (Å²) < 4.78 is 0. The SMILES string of the molecule is O=C(O)c1cc([N+](=O)[O-])cc([N+](=O)[O-])c1NC1=CC(=O)N(CCO)C1=O. The van der Waals surface area contributed by atoms with E-state index in [1.807, 2.05) is 0 Å². The first kappa shape index (κ1) is 18.5. The molecule has 2 amide bonds. The smallest absolute Gasteiger partial charge is 0.338 e. The first-order valence-electron chi connectivity index (χ1n) is 6.83. The minimum atomic E-state index is -1.72. The molecule has 0 spiro atoms. The van der Waals surface area contributed by atoms with E-state index < -0.39 is 62.6 Å². The number of imide groups is 1. The maximum atomic E-state index is 12.1. The number of β-amino-alcohol motifs (C(OH)–C–C–N with tert-alkyl or cyclic N) is 1. The number of amides is 2. The number of carbonyl (C=O) groups excluding carboxylic acids is 2. The van der Waals surface area contributed by atoms with Gasteiger partial charge in [-0.15, -0.1) is 0 Å². The van der Waals surface area contributed by atoms with Crippen LogP contribution in [0.4, 0.5) is 17.1 Å². The zero-order chi connectivity index (χ0) is 19.6. The summed E-state index contributed by atoms with van der Waals surface area (Å²) >= 11 is 0. The van der Waals surface area contributed by atoms with Crippen LogP contribution in [0.1, 0.15) is 10.4 Å². The molecule has 0 radical (unpaired) electrons. The van der Waals surface area contributed by atoms with Crippen molar-refractivity contribution >= 4 is 34.8 Å². The van der Waals surface area contributed by atoms with Crippen LogP contribution >= 0.6 is 0 Å². The summed E-state index contributed by atoms with van der Waals surface area (Å²) in [5, 5.41) is 42.3. The minimum Gasteiger partial charge on any atom is -0.478 e. The Hall–Kier alpha value is -3.87. The second kappa shape index (κ2) is 6.94. The highest BCUT2D eigenvalue weighted by Gasteiger charge is 2.34. The third kappa shape index (κ3) is 3.32. The number of benzene rings is 1. The van der Waals surface area contributed by atoms with Gasteiger partial charge in [-0.25, -0.2) is 4.79 Å². The summed E-state index contributed by atoms with van der Waals surface area (Å²) in [4.78, 5) is 55.8. The van der Waals surface area contributed by atoms with Gasteiger partial charge in [0, 0.05) is 12.1 Å². The van der Waals surface area contributed by atoms with E-state index in [0.29, 0.717) is 17.0 Å². The monoisotopic (exact) mass is 366 g/mol. The topological polar surface area (TPSA) is 193 Å². The Morgan fingerprint density at radius 2 is 1.85 bits per heavy atom. The fourth-order valence-electron chi connectivity index (χ4n) is 2.21. The fourth-order valence-corrected chi connectivity index (χ4v) is 2.21. The molecule has 1 aromatic carbocycles. The summed E-state index contributed by atoms with van der Waals surface area (Å²) in [7, 11) is 0. The van der Waals surface area contributed by atoms with Gasteiger partial charge in [-0.2, -0.15) is 0 Å². The first-order chi connectivity index (χ1) is 12.2. The van der Waals surface area contributed by atoms with Crippen molar-refractivity contribution in [2.24, 2.45) is 0 Å². The Kier molecular flexibility index (Phi) is 4.93. The largest absolute Gasteiger partial charge is 0.478 e. The van der Waals surface area contributed by atoms with Gasteiger partial charge in [-0.1, -0.05) is 0 Å². The van der Waals surface area contributed by atoms with Crippen molar-refractivity contribution in [2.75, 3.05) is 18.5 Å². The van der Waals surface area contributed by atoms with Gasteiger partial charge in [-0.3, -0.25) is 34.7 Å². The Morgan fingerprint density at radius 1 is 1.19 bits per heavy atom. The number of non-ortho nitro benzene ring substituents is 1. The molecule has 26 heavy (non-hydrogen) atoms. The highest BCUT2D eigenvalue weighted by atomic mass is 16.6. The van der Waals surface area contributed by atoms with Crippen LogP contribution in [-0.4, -0.2) is 55.9 Å². The maximum Gasteiger partial charge on any atom is 0.338 e. The highest BCUT2D eigenvalue weighted by molar-refractivity contribution is 6.18. The number of nitrogens with zero attached hydrogens (tertiary/aromatic N) is 3. The number of carboxylic acid groups (broad SMARTS) is 1. The van der Waals surface area contributed by atoms with E-state index in [1.54, 1.807) is 0 Å². The zero-order valence-electron chi connectivity index (χ0n) is 12.7. The molecule has 0 bridgehead atoms. The van der Waals surface area contributed by atoms with E-state index in [4.69, 9.17) is 5.11 Å². The molecule has 0 unspecified atom stereocenters. The van der Waals surface area contributed by atoms with Gasteiger partial charge < -0.3 is 15.5 Å². The van der Waals surface area contributed by atoms with E-state index in [1.165, 1.54) is 0 Å². The molecule has 136 valence electrons. The molecule has 1 heterocycles. The van der Waals surface area contributed by atoms with Gasteiger partial charge in [0.2, 0.25) is 0 Å². The number of hydrogen-bond acceptors (Lipinski definition) is 9. The van der Waals surface area contributed by atoms with E-state index in [2.05, 4.69) is 5.32 Å². The lowest BCUT2D eigenvalue weighted by Crippen LogP contribution is -2.34. The van der Waals surface area contributed by atoms with Crippen molar-refractivity contribution in [2.45, 2.75) is 0 Å². The zero-order valence-corrected chi connectivity index (χ0v) is 12.7. The molecule has 1 aliphatic rings. The van der Waals surface area contributed by atoms with Crippen LogP contribution in [0, 0.1) is 20.2 Å². The van der Waals surface area contributed by atoms with Gasteiger partial charge in [-0.05, 0) is 0 Å². The summed E-state index contributed by atoms with van der Waals surface area (Å²) in [5.74, 6) is -3.47. The Morgan fingerprint density at radius 3 is 2.35 bits per heavy atom. The Labute approximate surface area is 143 Å². The number of nitro groups is 2. The number of carboxylic acids is 1. The van der Waals surface area contributed by atoms with Crippen LogP contribution in [0.25, 0.3) is 0 Å². The molecule has 1 aliphatic heterocycles. The summed E-state index contributed by atoms with van der Waals surface area (Å²) in [6, 6.07) is 1.12. The van der Waals surface area contributed by atoms with Crippen molar-refractivity contribution in [1.29, 1.82) is 0 Å². The standard InChI is InChI=1S/C13H10N4O9/c18-2-1-15-10(19)5-8(12(15)20)14-11-7(13(21)22)3-6(16(23)24)4-9(11)17(25)26/h3-5,14,18H,1-2H2,(H,21,22). The fraction of sp³-hybridized carbons (Fsp3) is 0.154. The van der Waals surface area contributed by atoms with E-state index >= 15 is 0 Å². The normalized spacial score (nSPS) is 13.6. The van der Waals surface area contributed by atoms with E-state index in [0.717, 1.165) is 6.08 Å². The number of rotatable bonds is 7. The molecule has 2 rings (SSSR count). The third-order valence-corrected chi connectivity index (χ3v) is 3.33. The molecule has 13 nitrogen and oxygen atoms in total. The molecule has 0 saturated heterocycles. The molecule has 0 fully saturated rings. The van der Waals surface area contributed by atoms with Crippen molar-refractivity contribution in [3.8, 4) is 0 Å². The van der Waals surface area contributed by atoms with Gasteiger partial charge in [0.25, 0.3) is 23.2 Å². The maximum absolute atomic E-state index is 12.1. The number of nitro benzene ring substituents is 2. The Balaban J connectivity index is 2.55. The Bertz CT molecular complexity index is 841. The van der Waals surface area contributed by atoms with Crippen molar-refractivity contribution < 1.29 is 34.4 Å². The molecular weight excluding hydrogens is 356 g/mol. The number of carbonyl (C=O) groups is 3. The van der Waals surface area contributed by atoms with E-state index in [9.17, 15) is 39.7 Å². The summed E-state index contributed by atoms with van der Waals surface area (Å²) in [6.45, 7) is -0.843. The van der Waals surface area contributed by atoms with Gasteiger partial charge >= 0.3 is 5.97 Å². The highest BCUT2D eigenvalue weighted by Crippen LogP contribution is 2.35. The molecule has 13 heteroatoms. The second-order valence-electron chi connectivity index (χ2n) is 4.91. The number of aliphatic hydroxyl groups is 1. The minimum absolute atomic E-state index is 0.326. The molecule has 1 aromatic rings. The number of hydrogen-bond donors (Lipinski definition) is 3. The van der Waals surface area contributed by atoms with Gasteiger partial charge in [0.15, 0.2) is 0 Å². The van der Waals surface area contributed by atoms with Crippen LogP contribution in [0.15, 0.2) is 23.9 Å². The number of anilines is 1. The molecule has 0 aliphatic carbocycles. The molecule has 0 aromatic heterocycles. The molecule has 0 saturated carbocycles. The quantitative estimate of drug-likeness (QED) is 0.332.